The summed E-state index contributed by atoms with van der Waals surface area (Å²) >= 11 is 6.47. The fraction of sp³-hybridized carbons (Fsp3) is 0.0526. The summed E-state index contributed by atoms with van der Waals surface area (Å²) in [6.45, 7) is 6.78. The van der Waals surface area contributed by atoms with Crippen LogP contribution in [-0.2, 0) is 0 Å². The van der Waals surface area contributed by atoms with Crippen molar-refractivity contribution >= 4 is 29.2 Å². The number of hydrogen-bond donors (Lipinski definition) is 3. The number of amides is 3. The molecule has 1 aromatic heterocycles. The highest BCUT2D eigenvalue weighted by Crippen LogP contribution is 2.36. The molecule has 10 heteroatoms. The van der Waals surface area contributed by atoms with E-state index in [1.54, 1.807) is 30.3 Å². The van der Waals surface area contributed by atoms with E-state index >= 15 is 0 Å². The third kappa shape index (κ3) is 4.28. The molecule has 0 aliphatic rings. The van der Waals surface area contributed by atoms with Gasteiger partial charge in [-0.25, -0.2) is 16.0 Å². The minimum absolute atomic E-state index is 0.0862. The first-order chi connectivity index (χ1) is 13.9. The molecule has 0 unspecified atom stereocenters. The third-order valence-corrected chi connectivity index (χ3v) is 4.20. The van der Waals surface area contributed by atoms with Crippen LogP contribution in [0.25, 0.3) is 21.7 Å². The van der Waals surface area contributed by atoms with Gasteiger partial charge in [0.15, 0.2) is 5.69 Å². The van der Waals surface area contributed by atoms with Gasteiger partial charge in [-0.05, 0) is 18.2 Å². The SMILES string of the molecule is [C-]#[N+]COc1ccccc1-c1ccc(-n2cc(NC(N)=O)c(C(N)=O)n2)cc1Cl. The van der Waals surface area contributed by atoms with Crippen LogP contribution in [0.4, 0.5) is 10.5 Å². The predicted molar refractivity (Wildman–Crippen MR) is 108 cm³/mol. The maximum atomic E-state index is 11.6. The molecule has 3 rings (SSSR count). The molecule has 0 fully saturated rings. The Labute approximate surface area is 170 Å². The largest absolute Gasteiger partial charge is 0.425 e. The Balaban J connectivity index is 2.00. The molecule has 3 aromatic rings. The van der Waals surface area contributed by atoms with Crippen molar-refractivity contribution in [1.82, 2.24) is 9.78 Å². The zero-order chi connectivity index (χ0) is 21.0. The number of halogens is 1. The van der Waals surface area contributed by atoms with Crippen LogP contribution >= 0.6 is 11.6 Å². The minimum atomic E-state index is -0.851. The summed E-state index contributed by atoms with van der Waals surface area (Å²) in [5, 5.41) is 6.79. The fourth-order valence-corrected chi connectivity index (χ4v) is 2.97. The molecular formula is C19H15ClN6O3. The van der Waals surface area contributed by atoms with Gasteiger partial charge in [0.25, 0.3) is 5.91 Å². The molecular weight excluding hydrogens is 396 g/mol. The van der Waals surface area contributed by atoms with E-state index in [4.69, 9.17) is 34.4 Å². The van der Waals surface area contributed by atoms with Crippen molar-refractivity contribution < 1.29 is 14.3 Å². The predicted octanol–water partition coefficient (Wildman–Crippen LogP) is 3.04. The van der Waals surface area contributed by atoms with Gasteiger partial charge in [0, 0.05) is 11.1 Å². The van der Waals surface area contributed by atoms with E-state index < -0.39 is 11.9 Å². The summed E-state index contributed by atoms with van der Waals surface area (Å²) in [6, 6.07) is 11.5. The van der Waals surface area contributed by atoms with Crippen LogP contribution in [-0.4, -0.2) is 28.4 Å². The Hall–Kier alpha value is -4.03. The fourth-order valence-electron chi connectivity index (χ4n) is 2.69. The van der Waals surface area contributed by atoms with Crippen molar-refractivity contribution in [2.75, 3.05) is 12.0 Å². The average molecular weight is 411 g/mol. The summed E-state index contributed by atoms with van der Waals surface area (Å²) in [7, 11) is 0. The van der Waals surface area contributed by atoms with Crippen LogP contribution in [0.5, 0.6) is 5.75 Å². The van der Waals surface area contributed by atoms with Crippen LogP contribution in [0.15, 0.2) is 48.7 Å². The first kappa shape index (κ1) is 19.7. The molecule has 0 saturated carbocycles. The maximum absolute atomic E-state index is 11.6. The third-order valence-electron chi connectivity index (χ3n) is 3.88. The number of nitrogens with zero attached hydrogens (tertiary/aromatic N) is 3. The molecule has 29 heavy (non-hydrogen) atoms. The minimum Gasteiger partial charge on any atom is -0.425 e. The van der Waals surface area contributed by atoms with Crippen molar-refractivity contribution in [3.8, 4) is 22.6 Å². The Morgan fingerprint density at radius 2 is 1.97 bits per heavy atom. The van der Waals surface area contributed by atoms with Crippen LogP contribution in [0.2, 0.25) is 5.02 Å². The zero-order valence-corrected chi connectivity index (χ0v) is 15.7. The first-order valence-electron chi connectivity index (χ1n) is 8.22. The lowest BCUT2D eigenvalue weighted by Crippen LogP contribution is -2.22. The standard InChI is InChI=1S/C19H15ClN6O3/c1-23-10-29-16-5-3-2-4-13(16)12-7-6-11(8-14(12)20)26-9-15(24-19(22)28)17(25-26)18(21)27/h2-9H,10H2,(H2,21,27)(H3,22,24,28). The van der Waals surface area contributed by atoms with Crippen molar-refractivity contribution in [2.45, 2.75) is 0 Å². The topological polar surface area (TPSA) is 130 Å². The van der Waals surface area contributed by atoms with Gasteiger partial charge in [-0.3, -0.25) is 9.64 Å². The molecule has 5 N–H and O–H groups in total. The highest BCUT2D eigenvalue weighted by Gasteiger charge is 2.17. The molecule has 2 aromatic carbocycles. The summed E-state index contributed by atoms with van der Waals surface area (Å²) in [5.41, 5.74) is 12.3. The summed E-state index contributed by atoms with van der Waals surface area (Å²) in [5.74, 6) is -0.290. The van der Waals surface area contributed by atoms with Gasteiger partial charge in [-0.15, -0.1) is 0 Å². The molecule has 0 bridgehead atoms. The number of ether oxygens (including phenoxy) is 1. The summed E-state index contributed by atoms with van der Waals surface area (Å²) in [6.07, 6.45) is 1.41. The Morgan fingerprint density at radius 3 is 2.62 bits per heavy atom. The summed E-state index contributed by atoms with van der Waals surface area (Å²) in [4.78, 5) is 25.9. The second kappa shape index (κ2) is 8.33. The Kier molecular flexibility index (Phi) is 5.66. The van der Waals surface area contributed by atoms with Crippen LogP contribution in [0.1, 0.15) is 10.5 Å². The number of carbonyl (C=O) groups is 2. The number of aromatic nitrogens is 2. The second-order valence-corrected chi connectivity index (χ2v) is 6.19. The molecule has 9 nitrogen and oxygen atoms in total. The van der Waals surface area contributed by atoms with E-state index in [0.717, 1.165) is 5.56 Å². The number of carbonyl (C=O) groups excluding carboxylic acids is 2. The van der Waals surface area contributed by atoms with Crippen LogP contribution in [0.3, 0.4) is 0 Å². The summed E-state index contributed by atoms with van der Waals surface area (Å²) < 4.78 is 6.81. The highest BCUT2D eigenvalue weighted by molar-refractivity contribution is 6.33. The lowest BCUT2D eigenvalue weighted by molar-refractivity contribution is 0.0996. The van der Waals surface area contributed by atoms with Crippen molar-refractivity contribution in [2.24, 2.45) is 11.5 Å². The molecule has 0 radical (unpaired) electrons. The number of nitrogens with one attached hydrogen (secondary N) is 1. The Bertz CT molecular complexity index is 1140. The lowest BCUT2D eigenvalue weighted by atomic mass is 10.0. The van der Waals surface area contributed by atoms with Gasteiger partial charge >= 0.3 is 12.8 Å². The molecule has 0 spiro atoms. The normalized spacial score (nSPS) is 10.2. The van der Waals surface area contributed by atoms with Gasteiger partial charge in [-0.1, -0.05) is 35.9 Å². The second-order valence-electron chi connectivity index (χ2n) is 5.78. The number of hydrogen-bond acceptors (Lipinski definition) is 4. The van der Waals surface area contributed by atoms with E-state index in [-0.39, 0.29) is 18.1 Å². The van der Waals surface area contributed by atoms with Gasteiger partial charge in [0.2, 0.25) is 0 Å². The van der Waals surface area contributed by atoms with Crippen LogP contribution < -0.4 is 21.5 Å². The molecule has 0 saturated heterocycles. The number of primary amides is 2. The lowest BCUT2D eigenvalue weighted by Gasteiger charge is -2.11. The van der Waals surface area contributed by atoms with E-state index in [9.17, 15) is 9.59 Å². The highest BCUT2D eigenvalue weighted by atomic mass is 35.5. The molecule has 0 aliphatic heterocycles. The quantitative estimate of drug-likeness (QED) is 0.539. The average Bonchev–Trinajstić information content (AvgIpc) is 3.10. The van der Waals surface area contributed by atoms with E-state index in [0.29, 0.717) is 22.0 Å². The Morgan fingerprint density at radius 1 is 1.21 bits per heavy atom. The smallest absolute Gasteiger partial charge is 0.357 e. The number of urea groups is 1. The van der Waals surface area contributed by atoms with Gasteiger partial charge in [-0.2, -0.15) is 5.10 Å². The molecule has 1 heterocycles. The zero-order valence-electron chi connectivity index (χ0n) is 14.9. The van der Waals surface area contributed by atoms with E-state index in [1.165, 1.54) is 10.9 Å². The number of para-hydroxylation sites is 1. The van der Waals surface area contributed by atoms with Crippen molar-refractivity contribution in [3.05, 3.63) is 70.8 Å². The first-order valence-corrected chi connectivity index (χ1v) is 8.59. The van der Waals surface area contributed by atoms with Gasteiger partial charge in [0.05, 0.1) is 22.6 Å². The molecule has 3 amide bonds. The van der Waals surface area contributed by atoms with Gasteiger partial charge < -0.3 is 21.5 Å². The van der Waals surface area contributed by atoms with Crippen molar-refractivity contribution in [1.29, 1.82) is 0 Å². The molecule has 0 aliphatic carbocycles. The number of nitrogens with two attached hydrogens (primary N) is 2. The number of anilines is 1. The number of rotatable bonds is 6. The van der Waals surface area contributed by atoms with E-state index in [2.05, 4.69) is 15.3 Å². The number of benzene rings is 2. The maximum Gasteiger partial charge on any atom is 0.357 e. The van der Waals surface area contributed by atoms with E-state index in [1.807, 2.05) is 12.1 Å². The van der Waals surface area contributed by atoms with Crippen LogP contribution in [0, 0.1) is 6.57 Å². The molecule has 146 valence electrons. The monoisotopic (exact) mass is 410 g/mol. The van der Waals surface area contributed by atoms with Crippen molar-refractivity contribution in [3.63, 3.8) is 0 Å². The molecule has 0 atom stereocenters. The van der Waals surface area contributed by atoms with Gasteiger partial charge in [0.1, 0.15) is 5.75 Å².